The highest BCUT2D eigenvalue weighted by Gasteiger charge is 2.41. The summed E-state index contributed by atoms with van der Waals surface area (Å²) in [6, 6.07) is 0. The van der Waals surface area contributed by atoms with Crippen LogP contribution in [0.4, 0.5) is 4.79 Å². The molecular weight excluding hydrogens is 196 g/mol. The molecule has 0 bridgehead atoms. The van der Waals surface area contributed by atoms with Crippen LogP contribution in [0.15, 0.2) is 0 Å². The molecule has 0 saturated carbocycles. The van der Waals surface area contributed by atoms with Crippen LogP contribution in [0.25, 0.3) is 0 Å². The number of hydrogen-bond acceptors (Lipinski definition) is 4. The molecule has 1 amide bonds. The lowest BCUT2D eigenvalue weighted by molar-refractivity contribution is -0.0664. The highest BCUT2D eigenvalue weighted by molar-refractivity contribution is 5.69. The van der Waals surface area contributed by atoms with Crippen LogP contribution in [0.2, 0.25) is 0 Å². The van der Waals surface area contributed by atoms with Gasteiger partial charge in [0.25, 0.3) is 0 Å². The summed E-state index contributed by atoms with van der Waals surface area (Å²) in [5, 5.41) is 12.0. The molecule has 5 nitrogen and oxygen atoms in total. The van der Waals surface area contributed by atoms with Gasteiger partial charge in [-0.25, -0.2) is 4.79 Å². The molecule has 5 heteroatoms. The van der Waals surface area contributed by atoms with E-state index >= 15 is 0 Å². The molecule has 0 atom stereocenters. The Labute approximate surface area is 89.4 Å². The number of nitrogens with zero attached hydrogens (tertiary/aromatic N) is 1. The number of piperidine rings is 1. The molecule has 1 spiro atoms. The van der Waals surface area contributed by atoms with Gasteiger partial charge in [0.1, 0.15) is 5.60 Å². The molecule has 0 aliphatic carbocycles. The van der Waals surface area contributed by atoms with Crippen molar-refractivity contribution in [3.05, 3.63) is 0 Å². The number of rotatable bonds is 2. The van der Waals surface area contributed by atoms with Gasteiger partial charge in [-0.15, -0.1) is 0 Å². The zero-order valence-electron chi connectivity index (χ0n) is 8.87. The molecule has 0 aromatic heterocycles. The molecule has 2 aliphatic rings. The van der Waals surface area contributed by atoms with E-state index in [1.165, 1.54) is 0 Å². The molecular formula is C10H18N2O3. The van der Waals surface area contributed by atoms with Crippen LogP contribution in [0.3, 0.4) is 0 Å². The standard InChI is InChI=1S/C10H18N2O3/c13-8-7-12-6-3-10(15-9(12)14)1-4-11-5-2-10/h11,13H,1-8H2. The summed E-state index contributed by atoms with van der Waals surface area (Å²) in [4.78, 5) is 13.2. The number of hydrogen-bond donors (Lipinski definition) is 2. The van der Waals surface area contributed by atoms with Crippen molar-refractivity contribution in [2.75, 3.05) is 32.8 Å². The Morgan fingerprint density at radius 3 is 2.73 bits per heavy atom. The second-order valence-corrected chi connectivity index (χ2v) is 4.26. The van der Waals surface area contributed by atoms with E-state index in [0.717, 1.165) is 32.4 Å². The van der Waals surface area contributed by atoms with E-state index in [0.29, 0.717) is 13.1 Å². The summed E-state index contributed by atoms with van der Waals surface area (Å²) in [6.07, 6.45) is 2.44. The topological polar surface area (TPSA) is 61.8 Å². The first-order valence-electron chi connectivity index (χ1n) is 5.55. The van der Waals surface area contributed by atoms with Gasteiger partial charge in [-0.3, -0.25) is 0 Å². The summed E-state index contributed by atoms with van der Waals surface area (Å²) >= 11 is 0. The molecule has 2 heterocycles. The Hall–Kier alpha value is -0.810. The van der Waals surface area contributed by atoms with Crippen LogP contribution in [-0.2, 0) is 4.74 Å². The number of nitrogens with one attached hydrogen (secondary N) is 1. The summed E-state index contributed by atoms with van der Waals surface area (Å²) in [7, 11) is 0. The minimum atomic E-state index is -0.266. The fourth-order valence-electron chi connectivity index (χ4n) is 2.29. The smallest absolute Gasteiger partial charge is 0.410 e. The number of ether oxygens (including phenoxy) is 1. The largest absolute Gasteiger partial charge is 0.443 e. The Bertz CT molecular complexity index is 239. The molecule has 2 saturated heterocycles. The van der Waals surface area contributed by atoms with Crippen LogP contribution in [0.5, 0.6) is 0 Å². The van der Waals surface area contributed by atoms with E-state index in [1.54, 1.807) is 4.90 Å². The summed E-state index contributed by atoms with van der Waals surface area (Å²) in [5.74, 6) is 0. The van der Waals surface area contributed by atoms with Gasteiger partial charge in [0, 0.05) is 19.5 Å². The number of carbonyl (C=O) groups excluding carboxylic acids is 1. The van der Waals surface area contributed by atoms with Crippen molar-refractivity contribution >= 4 is 6.09 Å². The Balaban J connectivity index is 1.94. The molecule has 2 aliphatic heterocycles. The zero-order valence-corrected chi connectivity index (χ0v) is 8.87. The summed E-state index contributed by atoms with van der Waals surface area (Å²) < 4.78 is 5.52. The molecule has 2 N–H and O–H groups in total. The van der Waals surface area contributed by atoms with E-state index in [4.69, 9.17) is 9.84 Å². The molecule has 0 aromatic carbocycles. The average Bonchev–Trinajstić information content (AvgIpc) is 2.24. The number of amides is 1. The van der Waals surface area contributed by atoms with E-state index < -0.39 is 0 Å². The monoisotopic (exact) mass is 214 g/mol. The Kier molecular flexibility index (Phi) is 3.11. The first-order chi connectivity index (χ1) is 7.26. The highest BCUT2D eigenvalue weighted by atomic mass is 16.6. The van der Waals surface area contributed by atoms with E-state index in [9.17, 15) is 4.79 Å². The first kappa shape index (κ1) is 10.7. The molecule has 0 radical (unpaired) electrons. The second-order valence-electron chi connectivity index (χ2n) is 4.26. The maximum atomic E-state index is 11.6. The van der Waals surface area contributed by atoms with Crippen molar-refractivity contribution < 1.29 is 14.6 Å². The van der Waals surface area contributed by atoms with E-state index in [-0.39, 0.29) is 18.3 Å². The van der Waals surface area contributed by atoms with Gasteiger partial charge >= 0.3 is 6.09 Å². The number of β-amino-alcohol motifs (C(OH)–C–C–N with tert-alkyl or cyclic N) is 1. The number of aliphatic hydroxyl groups excluding tert-OH is 1. The zero-order chi connectivity index (χ0) is 10.7. The van der Waals surface area contributed by atoms with Gasteiger partial charge in [0.05, 0.1) is 6.61 Å². The Morgan fingerprint density at radius 2 is 2.13 bits per heavy atom. The van der Waals surface area contributed by atoms with Crippen molar-refractivity contribution in [1.82, 2.24) is 10.2 Å². The summed E-state index contributed by atoms with van der Waals surface area (Å²) in [5.41, 5.74) is -0.228. The molecule has 15 heavy (non-hydrogen) atoms. The van der Waals surface area contributed by atoms with Crippen molar-refractivity contribution in [2.24, 2.45) is 0 Å². The third-order valence-electron chi connectivity index (χ3n) is 3.28. The van der Waals surface area contributed by atoms with E-state index in [2.05, 4.69) is 5.32 Å². The van der Waals surface area contributed by atoms with Crippen LogP contribution in [-0.4, -0.2) is 54.5 Å². The fourth-order valence-corrected chi connectivity index (χ4v) is 2.29. The molecule has 2 fully saturated rings. The predicted molar refractivity (Wildman–Crippen MR) is 54.6 cm³/mol. The van der Waals surface area contributed by atoms with E-state index in [1.807, 2.05) is 0 Å². The SMILES string of the molecule is O=C1OC2(CCNCC2)CCN1CCO. The Morgan fingerprint density at radius 1 is 1.40 bits per heavy atom. The molecule has 0 unspecified atom stereocenters. The predicted octanol–water partition coefficient (Wildman–Crippen LogP) is -0.0568. The van der Waals surface area contributed by atoms with Crippen molar-refractivity contribution in [2.45, 2.75) is 24.9 Å². The van der Waals surface area contributed by atoms with Crippen LogP contribution >= 0.6 is 0 Å². The van der Waals surface area contributed by atoms with Gasteiger partial charge in [-0.05, 0) is 25.9 Å². The lowest BCUT2D eigenvalue weighted by Gasteiger charge is -2.43. The lowest BCUT2D eigenvalue weighted by Crippen LogP contribution is -2.54. The number of carbonyl (C=O) groups is 1. The van der Waals surface area contributed by atoms with Crippen molar-refractivity contribution in [3.63, 3.8) is 0 Å². The van der Waals surface area contributed by atoms with Crippen molar-refractivity contribution in [3.8, 4) is 0 Å². The van der Waals surface area contributed by atoms with Crippen molar-refractivity contribution in [1.29, 1.82) is 0 Å². The quantitative estimate of drug-likeness (QED) is 0.676. The minimum absolute atomic E-state index is 0.00363. The third kappa shape index (κ3) is 2.23. The average molecular weight is 214 g/mol. The van der Waals surface area contributed by atoms with Gasteiger partial charge < -0.3 is 20.1 Å². The first-order valence-corrected chi connectivity index (χ1v) is 5.55. The number of aliphatic hydroxyl groups is 1. The second kappa shape index (κ2) is 4.37. The lowest BCUT2D eigenvalue weighted by atomic mass is 9.87. The fraction of sp³-hybridized carbons (Fsp3) is 0.900. The van der Waals surface area contributed by atoms with Gasteiger partial charge in [0.15, 0.2) is 0 Å². The normalized spacial score (nSPS) is 25.4. The van der Waals surface area contributed by atoms with Gasteiger partial charge in [-0.2, -0.15) is 0 Å². The molecule has 0 aromatic rings. The van der Waals surface area contributed by atoms with Crippen LogP contribution in [0, 0.1) is 0 Å². The maximum Gasteiger partial charge on any atom is 0.410 e. The highest BCUT2D eigenvalue weighted by Crippen LogP contribution is 2.31. The van der Waals surface area contributed by atoms with Gasteiger partial charge in [0.2, 0.25) is 0 Å². The maximum absolute atomic E-state index is 11.6. The van der Waals surface area contributed by atoms with Gasteiger partial charge in [-0.1, -0.05) is 0 Å². The molecule has 2 rings (SSSR count). The summed E-state index contributed by atoms with van der Waals surface area (Å²) in [6.45, 7) is 2.94. The van der Waals surface area contributed by atoms with Crippen LogP contribution in [0.1, 0.15) is 19.3 Å². The third-order valence-corrected chi connectivity index (χ3v) is 3.28. The van der Waals surface area contributed by atoms with Crippen LogP contribution < -0.4 is 5.32 Å². The minimum Gasteiger partial charge on any atom is -0.443 e. The molecule has 86 valence electrons.